The molecule has 0 aromatic carbocycles. The summed E-state index contributed by atoms with van der Waals surface area (Å²) in [5, 5.41) is 11.3. The third kappa shape index (κ3) is 4.79. The van der Waals surface area contributed by atoms with Crippen molar-refractivity contribution in [2.45, 2.75) is 31.7 Å². The van der Waals surface area contributed by atoms with Crippen LogP contribution in [0.5, 0.6) is 0 Å². The Morgan fingerprint density at radius 3 is 2.33 bits per heavy atom. The van der Waals surface area contributed by atoms with Gasteiger partial charge in [-0.25, -0.2) is 0 Å². The van der Waals surface area contributed by atoms with Gasteiger partial charge in [0.25, 0.3) is 0 Å². The van der Waals surface area contributed by atoms with Crippen molar-refractivity contribution in [1.29, 1.82) is 0 Å². The van der Waals surface area contributed by atoms with Gasteiger partial charge in [0.05, 0.1) is 10.8 Å². The highest BCUT2D eigenvalue weighted by Gasteiger charge is 2.28. The number of piperidine rings is 1. The zero-order valence-corrected chi connectivity index (χ0v) is 12.2. The second-order valence-corrected chi connectivity index (χ2v) is 5.00. The van der Waals surface area contributed by atoms with Crippen molar-refractivity contribution >= 4 is 40.4 Å². The van der Waals surface area contributed by atoms with Crippen molar-refractivity contribution in [3.05, 3.63) is 0 Å². The van der Waals surface area contributed by atoms with E-state index in [9.17, 15) is 14.4 Å². The third-order valence-electron chi connectivity index (χ3n) is 2.80. The van der Waals surface area contributed by atoms with E-state index in [4.69, 9.17) is 5.11 Å². The molecule has 7 heteroatoms. The Morgan fingerprint density at radius 1 is 1.22 bits per heavy atom. The van der Waals surface area contributed by atoms with Gasteiger partial charge in [0.2, 0.25) is 11.8 Å². The fraction of sp³-hybridized carbons (Fsp3) is 0.727. The number of carboxylic acids is 1. The smallest absolute Gasteiger partial charge is 0.305 e. The minimum atomic E-state index is -1.08. The monoisotopic (exact) mass is 368 g/mol. The van der Waals surface area contributed by atoms with E-state index in [1.807, 2.05) is 22.6 Å². The van der Waals surface area contributed by atoms with Crippen LogP contribution in [0, 0.1) is 0 Å². The first kappa shape index (κ1) is 15.2. The van der Waals surface area contributed by atoms with E-state index in [1.54, 1.807) is 4.90 Å². The molecule has 102 valence electrons. The molecular weight excluding hydrogens is 351 g/mol. The van der Waals surface area contributed by atoms with Gasteiger partial charge in [-0.05, 0) is 19.3 Å². The summed E-state index contributed by atoms with van der Waals surface area (Å²) in [6.45, 7) is 1.30. The third-order valence-corrected chi connectivity index (χ3v) is 3.49. The maximum absolute atomic E-state index is 12.1. The molecule has 1 unspecified atom stereocenters. The summed E-state index contributed by atoms with van der Waals surface area (Å²) < 4.78 is 0.209. The minimum Gasteiger partial charge on any atom is -0.481 e. The topological polar surface area (TPSA) is 86.7 Å². The summed E-state index contributed by atoms with van der Waals surface area (Å²) in [4.78, 5) is 35.8. The zero-order valence-electron chi connectivity index (χ0n) is 10.0. The maximum Gasteiger partial charge on any atom is 0.305 e. The number of rotatable bonds is 5. The van der Waals surface area contributed by atoms with Crippen LogP contribution >= 0.6 is 22.6 Å². The highest BCUT2D eigenvalue weighted by molar-refractivity contribution is 14.1. The molecule has 0 saturated carbocycles. The highest BCUT2D eigenvalue weighted by Crippen LogP contribution is 2.11. The number of carboxylic acid groups (broad SMARTS) is 1. The van der Waals surface area contributed by atoms with Crippen molar-refractivity contribution in [2.75, 3.05) is 17.5 Å². The van der Waals surface area contributed by atoms with Gasteiger partial charge in [0, 0.05) is 13.1 Å². The second kappa shape index (κ2) is 7.55. The largest absolute Gasteiger partial charge is 0.481 e. The average Bonchev–Trinajstić information content (AvgIpc) is 2.37. The number of likely N-dealkylation sites (tertiary alicyclic amines) is 1. The van der Waals surface area contributed by atoms with Gasteiger partial charge < -0.3 is 15.3 Å². The number of hydrogen-bond donors (Lipinski definition) is 2. The Balaban J connectivity index is 2.64. The summed E-state index contributed by atoms with van der Waals surface area (Å²) in [7, 11) is 0. The average molecular weight is 368 g/mol. The molecule has 0 aromatic rings. The number of carbonyl (C=O) groups excluding carboxylic acids is 2. The molecule has 6 nitrogen and oxygen atoms in total. The van der Waals surface area contributed by atoms with E-state index in [0.717, 1.165) is 19.3 Å². The summed E-state index contributed by atoms with van der Waals surface area (Å²) >= 11 is 1.87. The molecule has 1 fully saturated rings. The van der Waals surface area contributed by atoms with Crippen LogP contribution in [0.15, 0.2) is 0 Å². The van der Waals surface area contributed by atoms with Crippen LogP contribution in [0.25, 0.3) is 0 Å². The van der Waals surface area contributed by atoms with Crippen molar-refractivity contribution in [3.63, 3.8) is 0 Å². The fourth-order valence-corrected chi connectivity index (χ4v) is 2.16. The molecule has 2 amide bonds. The van der Waals surface area contributed by atoms with Gasteiger partial charge in [0.15, 0.2) is 0 Å². The van der Waals surface area contributed by atoms with Crippen LogP contribution in [0.4, 0.5) is 0 Å². The maximum atomic E-state index is 12.1. The fourth-order valence-electron chi connectivity index (χ4n) is 1.94. The number of alkyl halides is 1. The lowest BCUT2D eigenvalue weighted by molar-refractivity contribution is -0.144. The number of carbonyl (C=O) groups is 3. The molecule has 1 atom stereocenters. The van der Waals surface area contributed by atoms with Gasteiger partial charge in [0.1, 0.15) is 6.04 Å². The summed E-state index contributed by atoms with van der Waals surface area (Å²) in [6, 6.07) is -0.942. The van der Waals surface area contributed by atoms with E-state index in [-0.39, 0.29) is 22.7 Å². The molecule has 0 spiro atoms. The first-order valence-corrected chi connectivity index (χ1v) is 7.43. The number of nitrogens with zero attached hydrogens (tertiary/aromatic N) is 1. The van der Waals surface area contributed by atoms with Gasteiger partial charge in [-0.3, -0.25) is 14.4 Å². The molecule has 0 radical (unpaired) electrons. The Bertz CT molecular complexity index is 329. The van der Waals surface area contributed by atoms with Gasteiger partial charge in [-0.1, -0.05) is 22.6 Å². The van der Waals surface area contributed by atoms with Crippen LogP contribution < -0.4 is 5.32 Å². The van der Waals surface area contributed by atoms with Crippen LogP contribution in [0.1, 0.15) is 25.7 Å². The molecule has 18 heavy (non-hydrogen) atoms. The Labute approximate surface area is 119 Å². The molecule has 1 rings (SSSR count). The first-order valence-electron chi connectivity index (χ1n) is 5.90. The van der Waals surface area contributed by atoms with E-state index < -0.39 is 12.0 Å². The molecule has 1 aliphatic heterocycles. The minimum absolute atomic E-state index is 0.209. The lowest BCUT2D eigenvalue weighted by atomic mass is 10.1. The number of hydrogen-bond acceptors (Lipinski definition) is 3. The molecular formula is C11H17IN2O4. The SMILES string of the molecule is O=C(O)CC(NC(=O)CI)C(=O)N1CCCCC1. The Hall–Kier alpha value is -0.860. The van der Waals surface area contributed by atoms with Gasteiger partial charge in [-0.15, -0.1) is 0 Å². The standard InChI is InChI=1S/C11H17IN2O4/c12-7-9(15)13-8(6-10(16)17)11(18)14-4-2-1-3-5-14/h8H,1-7H2,(H,13,15)(H,16,17). The second-order valence-electron chi connectivity index (χ2n) is 4.24. The Morgan fingerprint density at radius 2 is 1.83 bits per heavy atom. The molecule has 1 saturated heterocycles. The molecule has 0 aliphatic carbocycles. The van der Waals surface area contributed by atoms with Crippen molar-refractivity contribution in [2.24, 2.45) is 0 Å². The van der Waals surface area contributed by atoms with E-state index in [2.05, 4.69) is 5.32 Å². The van der Waals surface area contributed by atoms with E-state index in [0.29, 0.717) is 13.1 Å². The normalized spacial score (nSPS) is 17.1. The zero-order chi connectivity index (χ0) is 13.5. The predicted molar refractivity (Wildman–Crippen MR) is 73.5 cm³/mol. The number of nitrogens with one attached hydrogen (secondary N) is 1. The van der Waals surface area contributed by atoms with E-state index >= 15 is 0 Å². The summed E-state index contributed by atoms with van der Waals surface area (Å²) in [6.07, 6.45) is 2.60. The van der Waals surface area contributed by atoms with Crippen LogP contribution in [-0.2, 0) is 14.4 Å². The predicted octanol–water partition coefficient (Wildman–Crippen LogP) is 0.393. The van der Waals surface area contributed by atoms with E-state index in [1.165, 1.54) is 0 Å². The lowest BCUT2D eigenvalue weighted by Crippen LogP contribution is -2.51. The lowest BCUT2D eigenvalue weighted by Gasteiger charge is -2.30. The molecule has 0 aromatic heterocycles. The van der Waals surface area contributed by atoms with Crippen molar-refractivity contribution in [3.8, 4) is 0 Å². The molecule has 0 bridgehead atoms. The molecule has 1 heterocycles. The number of aliphatic carboxylic acids is 1. The first-order chi connectivity index (χ1) is 8.54. The van der Waals surface area contributed by atoms with Crippen LogP contribution in [0.3, 0.4) is 0 Å². The Kier molecular flexibility index (Phi) is 6.37. The van der Waals surface area contributed by atoms with Crippen molar-refractivity contribution < 1.29 is 19.5 Å². The molecule has 1 aliphatic rings. The number of amides is 2. The quantitative estimate of drug-likeness (QED) is 0.543. The van der Waals surface area contributed by atoms with Gasteiger partial charge in [-0.2, -0.15) is 0 Å². The van der Waals surface area contributed by atoms with Crippen molar-refractivity contribution in [1.82, 2.24) is 10.2 Å². The highest BCUT2D eigenvalue weighted by atomic mass is 127. The molecule has 2 N–H and O–H groups in total. The van der Waals surface area contributed by atoms with Gasteiger partial charge >= 0.3 is 5.97 Å². The summed E-state index contributed by atoms with van der Waals surface area (Å²) in [5.41, 5.74) is 0. The number of halogens is 1. The van der Waals surface area contributed by atoms with Crippen LogP contribution in [-0.4, -0.2) is 51.3 Å². The summed E-state index contributed by atoms with van der Waals surface area (Å²) in [5.74, 6) is -1.68. The van der Waals surface area contributed by atoms with Crippen LogP contribution in [0.2, 0.25) is 0 Å².